The zero-order valence-electron chi connectivity index (χ0n) is 51.3. The molecule has 3 fully saturated rings. The molecular formula is C60H76N2O27. The van der Waals surface area contributed by atoms with Gasteiger partial charge in [0.15, 0.2) is 18.3 Å². The minimum atomic E-state index is -1.59. The van der Waals surface area contributed by atoms with E-state index in [1.807, 2.05) is 0 Å². The van der Waals surface area contributed by atoms with Crippen molar-refractivity contribution in [2.75, 3.05) is 13.2 Å². The Bertz CT molecular complexity index is 2850. The fraction of sp³-hybridized carbons (Fsp3) is 0.483. The second-order valence-electron chi connectivity index (χ2n) is 21.9. The number of carboxylic acid groups (broad SMARTS) is 2. The second-order valence-corrected chi connectivity index (χ2v) is 21.9. The Morgan fingerprint density at radius 1 is 0.416 bits per heavy atom. The summed E-state index contributed by atoms with van der Waals surface area (Å²) < 4.78 is 44.1. The predicted molar refractivity (Wildman–Crippen MR) is 302 cm³/mol. The Morgan fingerprint density at radius 2 is 0.708 bits per heavy atom. The molecule has 0 aliphatic carbocycles. The number of nitrogens with zero attached hydrogens (tertiary/aromatic N) is 2. The van der Waals surface area contributed by atoms with Gasteiger partial charge in [-0.25, -0.2) is 43.2 Å². The number of imide groups is 2. The lowest BCUT2D eigenvalue weighted by Gasteiger charge is -2.22. The molecule has 89 heavy (non-hydrogen) atoms. The average Bonchev–Trinajstić information content (AvgIpc) is 2.36. The van der Waals surface area contributed by atoms with E-state index in [9.17, 15) is 67.4 Å². The molecule has 3 aliphatic heterocycles. The molecule has 29 heteroatoms. The van der Waals surface area contributed by atoms with Crippen LogP contribution in [0.25, 0.3) is 0 Å². The Morgan fingerprint density at radius 3 is 1.00 bits per heavy atom. The van der Waals surface area contributed by atoms with E-state index in [-0.39, 0.29) is 31.2 Å². The number of rotatable bonds is 16. The third kappa shape index (κ3) is 29.6. The van der Waals surface area contributed by atoms with Crippen molar-refractivity contribution >= 4 is 77.9 Å². The lowest BCUT2D eigenvalue weighted by molar-refractivity contribution is -0.207. The number of ether oxygens (including phenoxy) is 9. The van der Waals surface area contributed by atoms with Crippen LogP contribution in [0.5, 0.6) is 0 Å². The van der Waals surface area contributed by atoms with Crippen molar-refractivity contribution in [1.82, 2.24) is 10.1 Å². The van der Waals surface area contributed by atoms with Gasteiger partial charge < -0.3 is 67.6 Å². The van der Waals surface area contributed by atoms with Crippen LogP contribution in [0, 0.1) is 0 Å². The summed E-state index contributed by atoms with van der Waals surface area (Å²) >= 11 is 0. The second kappa shape index (κ2) is 36.0. The van der Waals surface area contributed by atoms with Crippen LogP contribution in [0.4, 0.5) is 14.4 Å². The van der Waals surface area contributed by atoms with Crippen molar-refractivity contribution in [1.29, 1.82) is 0 Å². The van der Waals surface area contributed by atoms with E-state index in [4.69, 9.17) is 52.9 Å². The van der Waals surface area contributed by atoms with Gasteiger partial charge in [0, 0.05) is 50.0 Å². The molecule has 3 aromatic rings. The zero-order chi connectivity index (χ0) is 67.4. The number of carbonyl (C=O) groups is 13. The first kappa shape index (κ1) is 75.6. The number of amides is 4. The molecule has 3 aliphatic rings. The molecule has 0 spiro atoms. The summed E-state index contributed by atoms with van der Waals surface area (Å²) in [7, 11) is 0. The van der Waals surface area contributed by atoms with Crippen LogP contribution in [-0.4, -0.2) is 152 Å². The van der Waals surface area contributed by atoms with Gasteiger partial charge in [-0.3, -0.25) is 19.2 Å². The maximum Gasteiger partial charge on any atom is 0.509 e. The number of aliphatic carboxylic acids is 2. The molecule has 0 bridgehead atoms. The number of aliphatic hydroxyl groups is 1. The molecule has 29 nitrogen and oxygen atoms in total. The van der Waals surface area contributed by atoms with Gasteiger partial charge in [0.25, 0.3) is 23.6 Å². The van der Waals surface area contributed by atoms with Crippen molar-refractivity contribution in [3.05, 3.63) is 108 Å². The largest absolute Gasteiger partial charge is 0.509 e. The number of esters is 2. The topological polar surface area (TPSA) is 391 Å². The first-order valence-corrected chi connectivity index (χ1v) is 27.5. The Labute approximate surface area is 512 Å². The summed E-state index contributed by atoms with van der Waals surface area (Å²) in [5, 5.41) is 27.3. The molecule has 3 heterocycles. The first-order valence-electron chi connectivity index (χ1n) is 27.5. The van der Waals surface area contributed by atoms with Crippen LogP contribution in [0.3, 0.4) is 0 Å². The SMILES string of the molecule is C1CCOC1.C[C@H](OC(=O)OC(C)(C)C)C(=O)ON1C(=O)CCC1=O.C[C@H](OC(=O)OC(C)(C)C)C(=O)O[C@H](C(=O)O)c1ccccc1.C[C@H](OC(=O)OC(C)(C)C)C(=O)O[C@H](C(=O)ON1C(=O)CCC1=O)c1ccccc1.O=C(O)[C@@H](O)c1ccccc1. The molecule has 0 unspecified atom stereocenters. The highest BCUT2D eigenvalue weighted by Gasteiger charge is 2.39. The third-order valence-corrected chi connectivity index (χ3v) is 10.6. The predicted octanol–water partition coefficient (Wildman–Crippen LogP) is 7.45. The molecule has 0 aromatic heterocycles. The smallest absolute Gasteiger partial charge is 0.479 e. The third-order valence-electron chi connectivity index (χ3n) is 10.6. The highest BCUT2D eigenvalue weighted by Crippen LogP contribution is 2.24. The number of carbonyl (C=O) groups excluding carboxylic acids is 11. The molecule has 4 amide bonds. The van der Waals surface area contributed by atoms with Crippen LogP contribution in [-0.2, 0) is 100 Å². The maximum atomic E-state index is 12.6. The minimum Gasteiger partial charge on any atom is -0.479 e. The van der Waals surface area contributed by atoms with E-state index in [0.717, 1.165) is 13.2 Å². The summed E-state index contributed by atoms with van der Waals surface area (Å²) in [6.45, 7) is 20.5. The van der Waals surface area contributed by atoms with Crippen LogP contribution >= 0.6 is 0 Å². The molecule has 0 saturated carbocycles. The molecule has 0 radical (unpaired) electrons. The average molecular weight is 1260 g/mol. The number of hydroxylamine groups is 4. The quantitative estimate of drug-likeness (QED) is 0.0711. The van der Waals surface area contributed by atoms with E-state index in [2.05, 4.69) is 9.57 Å². The van der Waals surface area contributed by atoms with Gasteiger partial charge >= 0.3 is 54.3 Å². The monoisotopic (exact) mass is 1260 g/mol. The van der Waals surface area contributed by atoms with Gasteiger partial charge in [0.2, 0.25) is 18.3 Å². The Balaban J connectivity index is 0.000000409. The maximum absolute atomic E-state index is 12.6. The summed E-state index contributed by atoms with van der Waals surface area (Å²) in [6.07, 6.45) is -9.25. The van der Waals surface area contributed by atoms with Crippen molar-refractivity contribution in [3.8, 4) is 0 Å². The molecule has 6 rings (SSSR count). The molecule has 6 atom stereocenters. The van der Waals surface area contributed by atoms with Gasteiger partial charge in [-0.15, -0.1) is 10.1 Å². The highest BCUT2D eigenvalue weighted by molar-refractivity contribution is 6.02. The van der Waals surface area contributed by atoms with Gasteiger partial charge in [0.1, 0.15) is 16.8 Å². The number of hydrogen-bond donors (Lipinski definition) is 3. The van der Waals surface area contributed by atoms with Gasteiger partial charge in [-0.2, -0.15) is 0 Å². The highest BCUT2D eigenvalue weighted by atomic mass is 16.8. The molecular weight excluding hydrogens is 1180 g/mol. The fourth-order valence-corrected chi connectivity index (χ4v) is 6.50. The van der Waals surface area contributed by atoms with Gasteiger partial charge in [0.05, 0.1) is 0 Å². The van der Waals surface area contributed by atoms with Crippen LogP contribution in [0.2, 0.25) is 0 Å². The van der Waals surface area contributed by atoms with Crippen LogP contribution < -0.4 is 0 Å². The van der Waals surface area contributed by atoms with E-state index in [0.29, 0.717) is 21.3 Å². The normalized spacial score (nSPS) is 15.6. The van der Waals surface area contributed by atoms with Crippen LogP contribution in [0.15, 0.2) is 91.0 Å². The molecule has 3 N–H and O–H groups in total. The van der Waals surface area contributed by atoms with Gasteiger partial charge in [-0.05, 0) is 101 Å². The molecule has 3 aromatic carbocycles. The Hall–Kier alpha value is -9.51. The zero-order valence-corrected chi connectivity index (χ0v) is 51.3. The number of hydrogen-bond acceptors (Lipinski definition) is 25. The lowest BCUT2D eigenvalue weighted by atomic mass is 10.1. The molecule has 488 valence electrons. The minimum absolute atomic E-state index is 0.00653. The summed E-state index contributed by atoms with van der Waals surface area (Å²) in [5.74, 6) is -9.31. The van der Waals surface area contributed by atoms with E-state index in [1.165, 1.54) is 57.9 Å². The number of carboxylic acids is 2. The van der Waals surface area contributed by atoms with Crippen molar-refractivity contribution in [3.63, 3.8) is 0 Å². The van der Waals surface area contributed by atoms with Gasteiger partial charge in [-0.1, -0.05) is 91.0 Å². The van der Waals surface area contributed by atoms with Crippen molar-refractivity contribution in [2.24, 2.45) is 0 Å². The fourth-order valence-electron chi connectivity index (χ4n) is 6.50. The van der Waals surface area contributed by atoms with E-state index in [1.54, 1.807) is 129 Å². The lowest BCUT2D eigenvalue weighted by Crippen LogP contribution is -2.38. The standard InChI is InChI=1S/C20H23NO9.C16H20O7.C12H17NO7.C8H8O3.C4H8O/c1-12(27-19(26)29-20(2,3)4)17(24)28-16(13-8-6-5-7-9-13)18(25)30-21-14(22)10-11-15(21)23;1-10(21-15(20)23-16(2,3)4)14(19)22-12(13(17)18)11-8-6-5-7-9-11;1-7(18-11(17)19-12(2,3)4)10(16)20-13-8(14)5-6-9(13)15;9-7(8(10)11)6-4-2-1-3-5-6;1-2-4-5-3-1/h5-9,12,16H,10-11H2,1-4H3;5-10,12H,1-4H3,(H,17,18);7H,5-6H2,1-4H3;1-5,7,9H,(H,10,11);1-4H2/t12-,16-;10-,12-;2*7-;/m0000./s1. The number of aliphatic hydroxyl groups excluding tert-OH is 1. The number of benzene rings is 3. The molecule has 3 saturated heterocycles. The first-order chi connectivity index (χ1) is 41.4. The summed E-state index contributed by atoms with van der Waals surface area (Å²) in [6, 6.07) is 24.1. The van der Waals surface area contributed by atoms with Crippen molar-refractivity contribution in [2.45, 2.75) is 175 Å². The summed E-state index contributed by atoms with van der Waals surface area (Å²) in [4.78, 5) is 160. The van der Waals surface area contributed by atoms with E-state index >= 15 is 0 Å². The van der Waals surface area contributed by atoms with Crippen LogP contribution in [0.1, 0.15) is 157 Å². The summed E-state index contributed by atoms with van der Waals surface area (Å²) in [5.41, 5.74) is -1.42. The van der Waals surface area contributed by atoms with Crippen molar-refractivity contribution < 1.29 is 130 Å². The Kier molecular flexibility index (Phi) is 30.5. The van der Waals surface area contributed by atoms with E-state index < -0.39 is 131 Å².